The number of amides is 1. The minimum Gasteiger partial charge on any atom is -0.502 e. The van der Waals surface area contributed by atoms with Gasteiger partial charge >= 0.3 is 5.69 Å². The summed E-state index contributed by atoms with van der Waals surface area (Å²) < 4.78 is 0. The summed E-state index contributed by atoms with van der Waals surface area (Å²) in [5, 5.41) is 24.3. The Balaban J connectivity index is 2.09. The van der Waals surface area contributed by atoms with Crippen LogP contribution in [0.25, 0.3) is 0 Å². The average Bonchev–Trinajstić information content (AvgIpc) is 2.51. The van der Waals surface area contributed by atoms with Gasteiger partial charge in [0.15, 0.2) is 5.75 Å². The smallest absolute Gasteiger partial charge is 0.311 e. The van der Waals surface area contributed by atoms with Crippen LogP contribution in [0.5, 0.6) is 5.75 Å². The highest BCUT2D eigenvalue weighted by Gasteiger charge is 2.12. The summed E-state index contributed by atoms with van der Waals surface area (Å²) in [5.41, 5.74) is 3.41. The second-order valence-electron chi connectivity index (χ2n) is 4.67. The Labute approximate surface area is 136 Å². The Bertz CT molecular complexity index is 805. The number of carbonyl (C=O) groups is 1. The quantitative estimate of drug-likeness (QED) is 0.509. The van der Waals surface area contributed by atoms with Crippen LogP contribution in [0.2, 0.25) is 5.02 Å². The van der Waals surface area contributed by atoms with Crippen molar-refractivity contribution in [2.75, 3.05) is 0 Å². The number of hydrogen-bond donors (Lipinski definition) is 2. The molecule has 23 heavy (non-hydrogen) atoms. The lowest BCUT2D eigenvalue weighted by atomic mass is 10.1. The molecule has 0 aliphatic rings. The van der Waals surface area contributed by atoms with Crippen LogP contribution in [0.15, 0.2) is 41.5 Å². The lowest BCUT2D eigenvalue weighted by Gasteiger charge is -2.02. The van der Waals surface area contributed by atoms with Crippen molar-refractivity contribution in [3.63, 3.8) is 0 Å². The number of phenolic OH excluding ortho intramolecular Hbond substituents is 1. The molecule has 1 amide bonds. The first kappa shape index (κ1) is 16.4. The molecular weight excluding hydrogens is 322 g/mol. The average molecular weight is 334 g/mol. The van der Waals surface area contributed by atoms with Crippen molar-refractivity contribution >= 4 is 29.4 Å². The van der Waals surface area contributed by atoms with Crippen LogP contribution in [0.3, 0.4) is 0 Å². The maximum atomic E-state index is 11.9. The topological polar surface area (TPSA) is 105 Å². The van der Waals surface area contributed by atoms with Gasteiger partial charge in [0.2, 0.25) is 0 Å². The molecule has 118 valence electrons. The Morgan fingerprint density at radius 1 is 1.35 bits per heavy atom. The molecule has 0 saturated carbocycles. The van der Waals surface area contributed by atoms with E-state index in [4.69, 9.17) is 11.6 Å². The van der Waals surface area contributed by atoms with Crippen LogP contribution < -0.4 is 5.43 Å². The second kappa shape index (κ2) is 6.89. The highest BCUT2D eigenvalue weighted by atomic mass is 35.5. The van der Waals surface area contributed by atoms with Gasteiger partial charge in [-0.15, -0.1) is 0 Å². The zero-order valence-corrected chi connectivity index (χ0v) is 12.7. The molecule has 0 radical (unpaired) electrons. The lowest BCUT2D eigenvalue weighted by molar-refractivity contribution is -0.385. The molecule has 2 aromatic rings. The monoisotopic (exact) mass is 333 g/mol. The summed E-state index contributed by atoms with van der Waals surface area (Å²) >= 11 is 5.94. The van der Waals surface area contributed by atoms with Crippen molar-refractivity contribution < 1.29 is 14.8 Å². The van der Waals surface area contributed by atoms with Crippen LogP contribution in [0, 0.1) is 17.0 Å². The van der Waals surface area contributed by atoms with Gasteiger partial charge in [-0.1, -0.05) is 17.7 Å². The minimum atomic E-state index is -0.709. The zero-order valence-electron chi connectivity index (χ0n) is 12.0. The van der Waals surface area contributed by atoms with Gasteiger partial charge in [-0.3, -0.25) is 14.9 Å². The summed E-state index contributed by atoms with van der Waals surface area (Å²) in [7, 11) is 0. The van der Waals surface area contributed by atoms with Gasteiger partial charge < -0.3 is 5.11 Å². The van der Waals surface area contributed by atoms with Crippen molar-refractivity contribution in [2.45, 2.75) is 6.92 Å². The van der Waals surface area contributed by atoms with Crippen molar-refractivity contribution in [3.8, 4) is 5.75 Å². The molecular formula is C15H12ClN3O4. The summed E-state index contributed by atoms with van der Waals surface area (Å²) in [6.45, 7) is 1.82. The molecule has 8 heteroatoms. The number of halogens is 1. The Kier molecular flexibility index (Phi) is 4.92. The molecule has 0 saturated heterocycles. The van der Waals surface area contributed by atoms with Crippen LogP contribution >= 0.6 is 11.6 Å². The maximum Gasteiger partial charge on any atom is 0.311 e. The fourth-order valence-corrected chi connectivity index (χ4v) is 1.91. The van der Waals surface area contributed by atoms with Crippen LogP contribution in [-0.4, -0.2) is 22.2 Å². The van der Waals surface area contributed by atoms with Crippen molar-refractivity contribution in [1.82, 2.24) is 5.43 Å². The van der Waals surface area contributed by atoms with E-state index in [9.17, 15) is 20.0 Å². The maximum absolute atomic E-state index is 11.9. The summed E-state index contributed by atoms with van der Waals surface area (Å²) in [5.74, 6) is -0.901. The van der Waals surface area contributed by atoms with E-state index in [1.54, 1.807) is 12.1 Å². The number of hydrogen-bond acceptors (Lipinski definition) is 5. The van der Waals surface area contributed by atoms with Gasteiger partial charge in [0.25, 0.3) is 5.91 Å². The molecule has 0 aliphatic heterocycles. The first-order chi connectivity index (χ1) is 10.9. The van der Waals surface area contributed by atoms with E-state index in [-0.39, 0.29) is 0 Å². The van der Waals surface area contributed by atoms with E-state index in [2.05, 4.69) is 10.5 Å². The third kappa shape index (κ3) is 4.04. The van der Waals surface area contributed by atoms with Crippen molar-refractivity contribution in [1.29, 1.82) is 0 Å². The number of aryl methyl sites for hydroxylation is 1. The number of phenols is 1. The van der Waals surface area contributed by atoms with E-state index in [1.165, 1.54) is 24.4 Å². The Morgan fingerprint density at radius 3 is 2.74 bits per heavy atom. The third-order valence-electron chi connectivity index (χ3n) is 3.01. The van der Waals surface area contributed by atoms with E-state index in [0.29, 0.717) is 16.1 Å². The highest BCUT2D eigenvalue weighted by Crippen LogP contribution is 2.25. The molecule has 7 nitrogen and oxygen atoms in total. The van der Waals surface area contributed by atoms with Crippen molar-refractivity contribution in [3.05, 3.63) is 68.2 Å². The number of nitro groups is 1. The number of carbonyl (C=O) groups excluding carboxylic acids is 1. The number of nitro benzene ring substituents is 1. The standard InChI is InChI=1S/C15H12ClN3O4/c1-9-2-4-11(7-12(9)16)15(21)18-17-8-10-3-5-14(20)13(6-10)19(22)23/h2-8,20H,1H3,(H,18,21)/b17-8-. The fraction of sp³-hybridized carbons (Fsp3) is 0.0667. The number of hydrazone groups is 1. The fourth-order valence-electron chi connectivity index (χ4n) is 1.73. The third-order valence-corrected chi connectivity index (χ3v) is 3.42. The first-order valence-electron chi connectivity index (χ1n) is 6.45. The predicted octanol–water partition coefficient (Wildman–Crippen LogP) is 3.03. The molecule has 0 fully saturated rings. The molecule has 2 aromatic carbocycles. The van der Waals surface area contributed by atoms with E-state index >= 15 is 0 Å². The van der Waals surface area contributed by atoms with Gasteiger partial charge in [-0.05, 0) is 36.8 Å². The molecule has 0 bridgehead atoms. The van der Waals surface area contributed by atoms with Gasteiger partial charge in [0, 0.05) is 22.2 Å². The van der Waals surface area contributed by atoms with Crippen LogP contribution in [0.1, 0.15) is 21.5 Å². The number of benzene rings is 2. The summed E-state index contributed by atoms with van der Waals surface area (Å²) in [6, 6.07) is 8.60. The Hall–Kier alpha value is -2.93. The van der Waals surface area contributed by atoms with Crippen molar-refractivity contribution in [2.24, 2.45) is 5.10 Å². The number of rotatable bonds is 4. The molecule has 0 atom stereocenters. The van der Waals surface area contributed by atoms with E-state index < -0.39 is 22.3 Å². The van der Waals surface area contributed by atoms with E-state index in [1.807, 2.05) is 6.92 Å². The SMILES string of the molecule is Cc1ccc(C(=O)N/N=C\c2ccc(O)c([N+](=O)[O-])c2)cc1Cl. The zero-order chi connectivity index (χ0) is 17.0. The normalized spacial score (nSPS) is 10.7. The number of nitrogens with one attached hydrogen (secondary N) is 1. The predicted molar refractivity (Wildman–Crippen MR) is 86.0 cm³/mol. The molecule has 0 aromatic heterocycles. The minimum absolute atomic E-state index is 0.342. The molecule has 0 unspecified atom stereocenters. The molecule has 0 spiro atoms. The highest BCUT2D eigenvalue weighted by molar-refractivity contribution is 6.31. The number of aromatic hydroxyl groups is 1. The number of nitrogens with zero attached hydrogens (tertiary/aromatic N) is 2. The molecule has 0 aliphatic carbocycles. The summed E-state index contributed by atoms with van der Waals surface area (Å²) in [4.78, 5) is 21.9. The molecule has 2 rings (SSSR count). The van der Waals surface area contributed by atoms with Crippen LogP contribution in [-0.2, 0) is 0 Å². The van der Waals surface area contributed by atoms with E-state index in [0.717, 1.165) is 11.6 Å². The van der Waals surface area contributed by atoms with Gasteiger partial charge in [0.1, 0.15) is 0 Å². The molecule has 0 heterocycles. The van der Waals surface area contributed by atoms with Gasteiger partial charge in [-0.2, -0.15) is 5.10 Å². The largest absolute Gasteiger partial charge is 0.502 e. The van der Waals surface area contributed by atoms with Crippen LogP contribution in [0.4, 0.5) is 5.69 Å². The Morgan fingerprint density at radius 2 is 2.09 bits per heavy atom. The first-order valence-corrected chi connectivity index (χ1v) is 6.83. The summed E-state index contributed by atoms with van der Waals surface area (Å²) in [6.07, 6.45) is 1.24. The van der Waals surface area contributed by atoms with Gasteiger partial charge in [0.05, 0.1) is 11.1 Å². The lowest BCUT2D eigenvalue weighted by Crippen LogP contribution is -2.17. The second-order valence-corrected chi connectivity index (χ2v) is 5.08. The molecule has 2 N–H and O–H groups in total. The van der Waals surface area contributed by atoms with Gasteiger partial charge in [-0.25, -0.2) is 5.43 Å².